The van der Waals surface area contributed by atoms with Gasteiger partial charge in [-0.3, -0.25) is 9.48 Å². The lowest BCUT2D eigenvalue weighted by Crippen LogP contribution is -2.49. The number of anilines is 1. The van der Waals surface area contributed by atoms with Crippen LogP contribution in [0.2, 0.25) is 0 Å². The molecule has 2 aromatic rings. The Balaban J connectivity index is 1.83. The van der Waals surface area contributed by atoms with Crippen molar-refractivity contribution >= 4 is 11.7 Å². The second kappa shape index (κ2) is 7.44. The third-order valence-corrected chi connectivity index (χ3v) is 5.38. The fourth-order valence-corrected chi connectivity index (χ4v) is 3.77. The largest absolute Gasteiger partial charge is 0.419 e. The predicted molar refractivity (Wildman–Crippen MR) is 99.2 cm³/mol. The number of piperidine rings is 1. The molecule has 0 N–H and O–H groups in total. The molecule has 1 fully saturated rings. The third-order valence-electron chi connectivity index (χ3n) is 5.38. The molecular formula is C19H24F3N5O. The molecule has 6 nitrogen and oxygen atoms in total. The predicted octanol–water partition coefficient (Wildman–Crippen LogP) is 3.19. The minimum atomic E-state index is -4.48. The number of halogens is 3. The van der Waals surface area contributed by atoms with Crippen LogP contribution in [0.3, 0.4) is 0 Å². The monoisotopic (exact) mass is 395 g/mol. The molecule has 3 rings (SSSR count). The number of aryl methyl sites for hydroxylation is 2. The maximum Gasteiger partial charge on any atom is 0.419 e. The Morgan fingerprint density at radius 2 is 2.04 bits per heavy atom. The molecule has 1 atom stereocenters. The van der Waals surface area contributed by atoms with Gasteiger partial charge in [-0.25, -0.2) is 4.98 Å². The molecule has 0 spiro atoms. The van der Waals surface area contributed by atoms with Crippen LogP contribution in [0.1, 0.15) is 40.2 Å². The van der Waals surface area contributed by atoms with Gasteiger partial charge in [-0.1, -0.05) is 0 Å². The molecule has 3 heterocycles. The number of hydrogen-bond donors (Lipinski definition) is 0. The van der Waals surface area contributed by atoms with E-state index in [0.717, 1.165) is 11.8 Å². The summed E-state index contributed by atoms with van der Waals surface area (Å²) in [6, 6.07) is 2.07. The van der Waals surface area contributed by atoms with Crippen molar-refractivity contribution in [1.29, 1.82) is 0 Å². The number of hydrogen-bond acceptors (Lipinski definition) is 4. The van der Waals surface area contributed by atoms with Crippen LogP contribution >= 0.6 is 0 Å². The molecule has 1 unspecified atom stereocenters. The van der Waals surface area contributed by atoms with Crippen LogP contribution in [-0.4, -0.2) is 51.8 Å². The van der Waals surface area contributed by atoms with Crippen LogP contribution in [0.5, 0.6) is 0 Å². The van der Waals surface area contributed by atoms with E-state index >= 15 is 0 Å². The zero-order valence-electron chi connectivity index (χ0n) is 16.4. The third kappa shape index (κ3) is 3.70. The molecule has 152 valence electrons. The fourth-order valence-electron chi connectivity index (χ4n) is 3.77. The van der Waals surface area contributed by atoms with Gasteiger partial charge in [0.2, 0.25) is 0 Å². The van der Waals surface area contributed by atoms with Crippen LogP contribution in [0, 0.1) is 13.8 Å². The van der Waals surface area contributed by atoms with Crippen molar-refractivity contribution in [2.45, 2.75) is 38.9 Å². The first kappa shape index (κ1) is 20.2. The van der Waals surface area contributed by atoms with Crippen LogP contribution in [-0.2, 0) is 13.2 Å². The molecule has 1 saturated heterocycles. The average molecular weight is 395 g/mol. The minimum absolute atomic E-state index is 0.108. The van der Waals surface area contributed by atoms with Crippen LogP contribution in [0.4, 0.5) is 19.0 Å². The second-order valence-corrected chi connectivity index (χ2v) is 7.20. The molecular weight excluding hydrogens is 371 g/mol. The molecule has 1 aliphatic rings. The van der Waals surface area contributed by atoms with Crippen molar-refractivity contribution in [1.82, 2.24) is 19.7 Å². The van der Waals surface area contributed by atoms with Crippen molar-refractivity contribution in [3.05, 3.63) is 40.8 Å². The Labute approximate surface area is 162 Å². The van der Waals surface area contributed by atoms with Crippen LogP contribution in [0.15, 0.2) is 18.3 Å². The number of alkyl halides is 3. The highest BCUT2D eigenvalue weighted by molar-refractivity contribution is 5.96. The van der Waals surface area contributed by atoms with Crippen molar-refractivity contribution in [3.8, 4) is 0 Å². The minimum Gasteiger partial charge on any atom is -0.354 e. The topological polar surface area (TPSA) is 54.3 Å². The van der Waals surface area contributed by atoms with Gasteiger partial charge in [-0.05, 0) is 38.8 Å². The maximum atomic E-state index is 13.4. The first-order valence-electron chi connectivity index (χ1n) is 9.15. The van der Waals surface area contributed by atoms with Crippen molar-refractivity contribution in [3.63, 3.8) is 0 Å². The first-order chi connectivity index (χ1) is 13.1. The zero-order valence-corrected chi connectivity index (χ0v) is 16.4. The summed E-state index contributed by atoms with van der Waals surface area (Å²) < 4.78 is 41.7. The molecule has 1 amide bonds. The van der Waals surface area contributed by atoms with E-state index in [1.807, 2.05) is 6.92 Å². The number of rotatable bonds is 3. The Kier molecular flexibility index (Phi) is 5.36. The summed E-state index contributed by atoms with van der Waals surface area (Å²) in [5.74, 6) is -0.235. The number of pyridine rings is 1. The number of likely N-dealkylation sites (tertiary alicyclic amines) is 1. The second-order valence-electron chi connectivity index (χ2n) is 7.20. The summed E-state index contributed by atoms with van der Waals surface area (Å²) in [5, 5.41) is 4.29. The number of likely N-dealkylation sites (N-methyl/N-ethyl adjacent to an activating group) is 1. The Hall–Kier alpha value is -2.58. The van der Waals surface area contributed by atoms with Crippen molar-refractivity contribution in [2.75, 3.05) is 25.0 Å². The fraction of sp³-hybridized carbons (Fsp3) is 0.526. The highest BCUT2D eigenvalue weighted by atomic mass is 19.4. The smallest absolute Gasteiger partial charge is 0.354 e. The van der Waals surface area contributed by atoms with E-state index in [1.54, 1.807) is 35.5 Å². The van der Waals surface area contributed by atoms with Gasteiger partial charge < -0.3 is 9.80 Å². The van der Waals surface area contributed by atoms with Gasteiger partial charge in [0, 0.05) is 45.1 Å². The highest BCUT2D eigenvalue weighted by Crippen LogP contribution is 2.36. The molecule has 0 radical (unpaired) electrons. The Morgan fingerprint density at radius 1 is 1.32 bits per heavy atom. The highest BCUT2D eigenvalue weighted by Gasteiger charge is 2.37. The number of nitrogens with zero attached hydrogens (tertiary/aromatic N) is 5. The number of aromatic nitrogens is 3. The Bertz CT molecular complexity index is 877. The number of amides is 1. The quantitative estimate of drug-likeness (QED) is 0.801. The van der Waals surface area contributed by atoms with Crippen molar-refractivity contribution in [2.24, 2.45) is 7.05 Å². The van der Waals surface area contributed by atoms with E-state index in [0.29, 0.717) is 37.2 Å². The van der Waals surface area contributed by atoms with E-state index in [1.165, 1.54) is 12.3 Å². The number of carbonyl (C=O) groups excluding carboxylic acids is 1. The van der Waals surface area contributed by atoms with Crippen LogP contribution < -0.4 is 4.90 Å². The van der Waals surface area contributed by atoms with Gasteiger partial charge in [0.1, 0.15) is 5.82 Å². The first-order valence-corrected chi connectivity index (χ1v) is 9.15. The summed E-state index contributed by atoms with van der Waals surface area (Å²) in [7, 11) is 3.39. The van der Waals surface area contributed by atoms with E-state index in [4.69, 9.17) is 0 Å². The maximum absolute atomic E-state index is 13.4. The summed E-state index contributed by atoms with van der Waals surface area (Å²) in [4.78, 5) is 20.3. The van der Waals surface area contributed by atoms with Gasteiger partial charge >= 0.3 is 6.18 Å². The summed E-state index contributed by atoms with van der Waals surface area (Å²) >= 11 is 0. The lowest BCUT2D eigenvalue weighted by atomic mass is 10.0. The standard InChI is InChI=1S/C19H24F3N5O/c1-12-16(13(2)26(4)24-12)18(28)27-10-6-7-14(11-27)25(3)17-15(19(20,21)22)8-5-9-23-17/h5,8-9,14H,6-7,10-11H2,1-4H3. The molecule has 0 saturated carbocycles. The normalized spacial score (nSPS) is 17.7. The lowest BCUT2D eigenvalue weighted by molar-refractivity contribution is -0.137. The van der Waals surface area contributed by atoms with Crippen LogP contribution in [0.25, 0.3) is 0 Å². The molecule has 1 aliphatic heterocycles. The summed E-state index contributed by atoms with van der Waals surface area (Å²) in [6.07, 6.45) is -1.71. The van der Waals surface area contributed by atoms with Crippen molar-refractivity contribution < 1.29 is 18.0 Å². The molecule has 0 aromatic carbocycles. The summed E-state index contributed by atoms with van der Waals surface area (Å²) in [5.41, 5.74) is 1.24. The zero-order chi connectivity index (χ0) is 20.6. The molecule has 9 heteroatoms. The van der Waals surface area contributed by atoms with E-state index in [-0.39, 0.29) is 17.8 Å². The SMILES string of the molecule is Cc1nn(C)c(C)c1C(=O)N1CCCC(N(C)c2ncccc2C(F)(F)F)C1. The van der Waals surface area contributed by atoms with E-state index in [2.05, 4.69) is 10.1 Å². The molecule has 0 aliphatic carbocycles. The van der Waals surface area contributed by atoms with Gasteiger partial charge in [0.15, 0.2) is 0 Å². The molecule has 2 aromatic heterocycles. The van der Waals surface area contributed by atoms with E-state index < -0.39 is 11.7 Å². The lowest BCUT2D eigenvalue weighted by Gasteiger charge is -2.38. The van der Waals surface area contributed by atoms with Gasteiger partial charge in [-0.2, -0.15) is 18.3 Å². The van der Waals surface area contributed by atoms with E-state index in [9.17, 15) is 18.0 Å². The molecule has 28 heavy (non-hydrogen) atoms. The molecule has 0 bridgehead atoms. The van der Waals surface area contributed by atoms with Gasteiger partial charge in [0.05, 0.1) is 16.8 Å². The summed E-state index contributed by atoms with van der Waals surface area (Å²) in [6.45, 7) is 4.55. The van der Waals surface area contributed by atoms with Gasteiger partial charge in [-0.15, -0.1) is 0 Å². The van der Waals surface area contributed by atoms with Gasteiger partial charge in [0.25, 0.3) is 5.91 Å². The Morgan fingerprint density at radius 3 is 2.64 bits per heavy atom. The average Bonchev–Trinajstić information content (AvgIpc) is 2.91. The number of carbonyl (C=O) groups is 1.